The predicted octanol–water partition coefficient (Wildman–Crippen LogP) is 1.57. The van der Waals surface area contributed by atoms with Crippen LogP contribution < -0.4 is 15.4 Å². The Morgan fingerprint density at radius 2 is 2.32 bits per heavy atom. The smallest absolute Gasteiger partial charge is 0.321 e. The van der Waals surface area contributed by atoms with Crippen molar-refractivity contribution in [2.24, 2.45) is 0 Å². The summed E-state index contributed by atoms with van der Waals surface area (Å²) in [5, 5.41) is 14.2. The topological polar surface area (TPSA) is 89.0 Å². The maximum Gasteiger partial charge on any atom is 0.321 e. The number of aromatic nitrogens is 3. The van der Waals surface area contributed by atoms with Gasteiger partial charge in [0, 0.05) is 18.3 Å². The number of methoxy groups -OCH3 is 1. The highest BCUT2D eigenvalue weighted by atomic mass is 32.1. The van der Waals surface area contributed by atoms with Gasteiger partial charge in [-0.2, -0.15) is 0 Å². The Morgan fingerprint density at radius 3 is 3.00 bits per heavy atom. The average molecular weight is 279 g/mol. The van der Waals surface area contributed by atoms with E-state index < -0.39 is 0 Å². The van der Waals surface area contributed by atoms with Crippen molar-refractivity contribution in [2.75, 3.05) is 12.4 Å². The van der Waals surface area contributed by atoms with Crippen LogP contribution in [0.15, 0.2) is 18.3 Å². The van der Waals surface area contributed by atoms with E-state index in [0.717, 1.165) is 10.6 Å². The largest absolute Gasteiger partial charge is 0.481 e. The molecule has 2 aromatic heterocycles. The van der Waals surface area contributed by atoms with Crippen LogP contribution in [-0.4, -0.2) is 28.3 Å². The molecule has 0 aliphatic heterocycles. The first-order chi connectivity index (χ1) is 9.19. The summed E-state index contributed by atoms with van der Waals surface area (Å²) in [6.07, 6.45) is 1.63. The summed E-state index contributed by atoms with van der Waals surface area (Å²) in [6, 6.07) is 3.27. The van der Waals surface area contributed by atoms with E-state index in [1.165, 1.54) is 18.4 Å². The van der Waals surface area contributed by atoms with E-state index in [1.807, 2.05) is 13.0 Å². The quantitative estimate of drug-likeness (QED) is 0.886. The highest BCUT2D eigenvalue weighted by Gasteiger charge is 2.08. The molecule has 0 bridgehead atoms. The number of rotatable bonds is 4. The van der Waals surface area contributed by atoms with Crippen LogP contribution in [0.5, 0.6) is 5.88 Å². The highest BCUT2D eigenvalue weighted by molar-refractivity contribution is 7.15. The minimum atomic E-state index is -0.345. The molecule has 0 saturated heterocycles. The summed E-state index contributed by atoms with van der Waals surface area (Å²) in [5.41, 5.74) is 0.800. The third kappa shape index (κ3) is 3.62. The second kappa shape index (κ2) is 6.10. The first-order valence-electron chi connectivity index (χ1n) is 5.52. The second-order valence-electron chi connectivity index (χ2n) is 3.61. The molecule has 0 aliphatic carbocycles. The van der Waals surface area contributed by atoms with Crippen molar-refractivity contribution >= 4 is 22.5 Å². The molecule has 100 valence electrons. The van der Waals surface area contributed by atoms with E-state index in [-0.39, 0.29) is 6.03 Å². The van der Waals surface area contributed by atoms with E-state index in [1.54, 1.807) is 12.3 Å². The molecule has 0 spiro atoms. The van der Waals surface area contributed by atoms with Gasteiger partial charge in [0.1, 0.15) is 5.01 Å². The van der Waals surface area contributed by atoms with Crippen LogP contribution in [0.1, 0.15) is 10.6 Å². The zero-order valence-corrected chi connectivity index (χ0v) is 11.3. The molecular formula is C11H13N5O2S. The number of urea groups is 1. The summed E-state index contributed by atoms with van der Waals surface area (Å²) in [5.74, 6) is 0.495. The summed E-state index contributed by atoms with van der Waals surface area (Å²) in [7, 11) is 1.54. The van der Waals surface area contributed by atoms with E-state index in [0.29, 0.717) is 17.6 Å². The van der Waals surface area contributed by atoms with Crippen LogP contribution in [0, 0.1) is 6.92 Å². The average Bonchev–Trinajstić information content (AvgIpc) is 2.82. The first-order valence-corrected chi connectivity index (χ1v) is 6.33. The van der Waals surface area contributed by atoms with Crippen molar-refractivity contribution < 1.29 is 9.53 Å². The van der Waals surface area contributed by atoms with E-state index in [4.69, 9.17) is 4.74 Å². The third-order valence-electron chi connectivity index (χ3n) is 2.23. The van der Waals surface area contributed by atoms with Gasteiger partial charge in [-0.3, -0.25) is 5.32 Å². The maximum atomic E-state index is 11.7. The predicted molar refractivity (Wildman–Crippen MR) is 71.3 cm³/mol. The van der Waals surface area contributed by atoms with Crippen LogP contribution >= 0.6 is 11.3 Å². The normalized spacial score (nSPS) is 10.0. The fourth-order valence-electron chi connectivity index (χ4n) is 1.41. The first kappa shape index (κ1) is 13.2. The summed E-state index contributed by atoms with van der Waals surface area (Å²) in [6.45, 7) is 2.14. The number of carbonyl (C=O) groups excluding carboxylic acids is 1. The Labute approximate surface area is 114 Å². The molecule has 19 heavy (non-hydrogen) atoms. The SMILES string of the molecule is COc1ncccc1CNC(=O)Nc1nnc(C)s1. The molecule has 7 nitrogen and oxygen atoms in total. The van der Waals surface area contributed by atoms with E-state index >= 15 is 0 Å². The van der Waals surface area contributed by atoms with E-state index in [9.17, 15) is 4.79 Å². The van der Waals surface area contributed by atoms with E-state index in [2.05, 4.69) is 25.8 Å². The van der Waals surface area contributed by atoms with Gasteiger partial charge in [0.05, 0.1) is 7.11 Å². The fourth-order valence-corrected chi connectivity index (χ4v) is 1.99. The van der Waals surface area contributed by atoms with Gasteiger partial charge in [-0.05, 0) is 13.0 Å². The van der Waals surface area contributed by atoms with Crippen molar-refractivity contribution in [1.82, 2.24) is 20.5 Å². The molecule has 0 radical (unpaired) electrons. The summed E-state index contributed by atoms with van der Waals surface area (Å²) >= 11 is 1.31. The number of hydrogen-bond donors (Lipinski definition) is 2. The van der Waals surface area contributed by atoms with Crippen molar-refractivity contribution in [3.05, 3.63) is 28.9 Å². The number of nitrogens with one attached hydrogen (secondary N) is 2. The summed E-state index contributed by atoms with van der Waals surface area (Å²) < 4.78 is 5.10. The molecule has 0 aliphatic rings. The molecule has 2 rings (SSSR count). The van der Waals surface area contributed by atoms with Gasteiger partial charge < -0.3 is 10.1 Å². The number of pyridine rings is 1. The fraction of sp³-hybridized carbons (Fsp3) is 0.273. The maximum absolute atomic E-state index is 11.7. The van der Waals surface area contributed by atoms with Gasteiger partial charge in [-0.15, -0.1) is 10.2 Å². The number of amides is 2. The Bertz CT molecular complexity index is 572. The van der Waals surface area contributed by atoms with Gasteiger partial charge >= 0.3 is 6.03 Å². The van der Waals surface area contributed by atoms with Crippen LogP contribution in [0.4, 0.5) is 9.93 Å². The number of anilines is 1. The molecule has 2 amide bonds. The third-order valence-corrected chi connectivity index (χ3v) is 2.98. The van der Waals surface area contributed by atoms with Gasteiger partial charge in [0.25, 0.3) is 0 Å². The molecule has 0 atom stereocenters. The second-order valence-corrected chi connectivity index (χ2v) is 4.79. The number of ether oxygens (including phenoxy) is 1. The van der Waals surface area contributed by atoms with Crippen molar-refractivity contribution in [3.63, 3.8) is 0 Å². The molecular weight excluding hydrogens is 266 g/mol. The monoisotopic (exact) mass is 279 g/mol. The lowest BCUT2D eigenvalue weighted by molar-refractivity contribution is 0.251. The van der Waals surface area contributed by atoms with Gasteiger partial charge in [0.2, 0.25) is 11.0 Å². The zero-order valence-electron chi connectivity index (χ0n) is 10.5. The Kier molecular flexibility index (Phi) is 4.24. The van der Waals surface area contributed by atoms with Crippen LogP contribution in [0.25, 0.3) is 0 Å². The Hall–Kier alpha value is -2.22. The van der Waals surface area contributed by atoms with Gasteiger partial charge in [0.15, 0.2) is 0 Å². The molecule has 2 aromatic rings. The van der Waals surface area contributed by atoms with Crippen LogP contribution in [0.2, 0.25) is 0 Å². The highest BCUT2D eigenvalue weighted by Crippen LogP contribution is 2.14. The Balaban J connectivity index is 1.89. The molecule has 0 fully saturated rings. The van der Waals surface area contributed by atoms with Crippen LogP contribution in [0.3, 0.4) is 0 Å². The number of carbonyl (C=O) groups is 1. The number of aryl methyl sites for hydroxylation is 1. The number of nitrogens with zero attached hydrogens (tertiary/aromatic N) is 3. The van der Waals surface area contributed by atoms with Crippen molar-refractivity contribution in [3.8, 4) is 5.88 Å². The molecule has 8 heteroatoms. The standard InChI is InChI=1S/C11H13N5O2S/c1-7-15-16-11(19-7)14-10(17)13-6-8-4-3-5-12-9(8)18-2/h3-5H,6H2,1-2H3,(H2,13,14,16,17). The lowest BCUT2D eigenvalue weighted by Crippen LogP contribution is -2.28. The minimum Gasteiger partial charge on any atom is -0.481 e. The molecule has 0 saturated carbocycles. The molecule has 0 aromatic carbocycles. The van der Waals surface area contributed by atoms with Crippen molar-refractivity contribution in [1.29, 1.82) is 0 Å². The van der Waals surface area contributed by atoms with Gasteiger partial charge in [-0.1, -0.05) is 17.4 Å². The lowest BCUT2D eigenvalue weighted by Gasteiger charge is -2.08. The molecule has 0 unspecified atom stereocenters. The number of hydrogen-bond acceptors (Lipinski definition) is 6. The Morgan fingerprint density at radius 1 is 1.47 bits per heavy atom. The van der Waals surface area contributed by atoms with Crippen molar-refractivity contribution in [2.45, 2.75) is 13.5 Å². The van der Waals surface area contributed by atoms with Gasteiger partial charge in [-0.25, -0.2) is 9.78 Å². The molecule has 2 N–H and O–H groups in total. The zero-order chi connectivity index (χ0) is 13.7. The lowest BCUT2D eigenvalue weighted by atomic mass is 10.3. The summed E-state index contributed by atoms with van der Waals surface area (Å²) in [4.78, 5) is 15.7. The minimum absolute atomic E-state index is 0.320. The van der Waals surface area contributed by atoms with Crippen LogP contribution in [-0.2, 0) is 6.54 Å². The molecule has 2 heterocycles.